The highest BCUT2D eigenvalue weighted by atomic mass is 19.2. The van der Waals surface area contributed by atoms with Crippen LogP contribution in [0.25, 0.3) is 11.1 Å². The molecular formula is C27H33F2N. The summed E-state index contributed by atoms with van der Waals surface area (Å²) in [5, 5.41) is 8.84. The first-order valence-corrected chi connectivity index (χ1v) is 11.6. The van der Waals surface area contributed by atoms with Crippen molar-refractivity contribution in [2.45, 2.75) is 83.5 Å². The lowest BCUT2D eigenvalue weighted by Gasteiger charge is -2.29. The van der Waals surface area contributed by atoms with Crippen molar-refractivity contribution in [1.29, 1.82) is 5.26 Å². The number of unbranched alkanes of at least 4 members (excludes halogenated alkanes) is 5. The van der Waals surface area contributed by atoms with E-state index in [0.29, 0.717) is 11.5 Å². The van der Waals surface area contributed by atoms with E-state index in [2.05, 4.69) is 19.1 Å². The van der Waals surface area contributed by atoms with E-state index < -0.39 is 11.6 Å². The Bertz CT molecular complexity index is 842. The molecule has 1 fully saturated rings. The van der Waals surface area contributed by atoms with Gasteiger partial charge in [-0.15, -0.1) is 0 Å². The Balaban J connectivity index is 1.51. The molecule has 1 saturated carbocycles. The molecule has 1 aliphatic rings. The van der Waals surface area contributed by atoms with Crippen LogP contribution in [0.4, 0.5) is 8.78 Å². The Morgan fingerprint density at radius 3 is 2.17 bits per heavy atom. The second kappa shape index (κ2) is 11.3. The highest BCUT2D eigenvalue weighted by molar-refractivity contribution is 5.65. The van der Waals surface area contributed by atoms with Gasteiger partial charge in [-0.3, -0.25) is 0 Å². The van der Waals surface area contributed by atoms with Gasteiger partial charge in [-0.05, 0) is 60.8 Å². The van der Waals surface area contributed by atoms with E-state index in [1.54, 1.807) is 6.07 Å². The van der Waals surface area contributed by atoms with Crippen LogP contribution in [-0.4, -0.2) is 0 Å². The largest absolute Gasteiger partial charge is 0.203 e. The molecule has 0 saturated heterocycles. The lowest BCUT2D eigenvalue weighted by atomic mass is 9.77. The number of nitrogens with zero attached hydrogens (tertiary/aromatic N) is 1. The highest BCUT2D eigenvalue weighted by Gasteiger charge is 2.22. The number of halogens is 2. The van der Waals surface area contributed by atoms with Crippen LogP contribution in [0.2, 0.25) is 0 Å². The summed E-state index contributed by atoms with van der Waals surface area (Å²) in [7, 11) is 0. The van der Waals surface area contributed by atoms with E-state index in [-0.39, 0.29) is 11.1 Å². The standard InChI is InChI=1S/C27H33F2N/c1-2-3-4-5-6-7-8-20-9-11-21(12-10-20)22-13-15-23(16-14-22)25-18-17-24(19-30)26(28)27(25)29/h13-18,20-21H,2-12H2,1H3/t20-,21-. The molecule has 0 spiro atoms. The van der Waals surface area contributed by atoms with Crippen LogP contribution in [0.15, 0.2) is 36.4 Å². The third-order valence-corrected chi connectivity index (χ3v) is 6.71. The van der Waals surface area contributed by atoms with Crippen molar-refractivity contribution in [2.24, 2.45) is 5.92 Å². The van der Waals surface area contributed by atoms with Gasteiger partial charge >= 0.3 is 0 Å². The van der Waals surface area contributed by atoms with Crippen LogP contribution >= 0.6 is 0 Å². The van der Waals surface area contributed by atoms with Gasteiger partial charge in [-0.1, -0.05) is 76.1 Å². The van der Waals surface area contributed by atoms with Gasteiger partial charge in [-0.2, -0.15) is 5.26 Å². The summed E-state index contributed by atoms with van der Waals surface area (Å²) in [6.45, 7) is 2.26. The molecule has 0 amide bonds. The molecular weight excluding hydrogens is 376 g/mol. The van der Waals surface area contributed by atoms with Crippen molar-refractivity contribution in [1.82, 2.24) is 0 Å². The van der Waals surface area contributed by atoms with Gasteiger partial charge in [0.1, 0.15) is 6.07 Å². The number of hydrogen-bond acceptors (Lipinski definition) is 1. The Morgan fingerprint density at radius 2 is 1.50 bits per heavy atom. The van der Waals surface area contributed by atoms with Crippen molar-refractivity contribution in [3.63, 3.8) is 0 Å². The van der Waals surface area contributed by atoms with Crippen molar-refractivity contribution in [3.8, 4) is 17.2 Å². The average molecular weight is 410 g/mol. The van der Waals surface area contributed by atoms with Gasteiger partial charge in [0.05, 0.1) is 5.56 Å². The molecule has 160 valence electrons. The van der Waals surface area contributed by atoms with E-state index in [1.807, 2.05) is 12.1 Å². The van der Waals surface area contributed by atoms with Crippen LogP contribution in [0.1, 0.15) is 94.6 Å². The maximum atomic E-state index is 14.3. The van der Waals surface area contributed by atoms with E-state index in [9.17, 15) is 8.78 Å². The van der Waals surface area contributed by atoms with Gasteiger partial charge < -0.3 is 0 Å². The van der Waals surface area contributed by atoms with Gasteiger partial charge in [0, 0.05) is 5.56 Å². The summed E-state index contributed by atoms with van der Waals surface area (Å²) in [5.74, 6) is -0.565. The molecule has 1 nitrogen and oxygen atoms in total. The van der Waals surface area contributed by atoms with Gasteiger partial charge in [0.2, 0.25) is 0 Å². The predicted octanol–water partition coefficient (Wildman–Crippen LogP) is 8.53. The molecule has 30 heavy (non-hydrogen) atoms. The zero-order valence-corrected chi connectivity index (χ0v) is 18.1. The molecule has 0 unspecified atom stereocenters. The summed E-state index contributed by atoms with van der Waals surface area (Å²) in [5.41, 5.74) is 1.90. The number of benzene rings is 2. The summed E-state index contributed by atoms with van der Waals surface area (Å²) >= 11 is 0. The third-order valence-electron chi connectivity index (χ3n) is 6.71. The number of rotatable bonds is 9. The van der Waals surface area contributed by atoms with E-state index >= 15 is 0 Å². The quantitative estimate of drug-likeness (QED) is 0.381. The number of hydrogen-bond donors (Lipinski definition) is 0. The van der Waals surface area contributed by atoms with Crippen molar-refractivity contribution >= 4 is 0 Å². The second-order valence-electron chi connectivity index (χ2n) is 8.80. The third kappa shape index (κ3) is 5.69. The lowest BCUT2D eigenvalue weighted by Crippen LogP contribution is -2.13. The molecule has 0 aliphatic heterocycles. The van der Waals surface area contributed by atoms with Crippen molar-refractivity contribution in [3.05, 3.63) is 59.2 Å². The molecule has 3 rings (SSSR count). The zero-order valence-electron chi connectivity index (χ0n) is 18.1. The number of nitriles is 1. The van der Waals surface area contributed by atoms with Crippen molar-refractivity contribution in [2.75, 3.05) is 0 Å². The molecule has 0 atom stereocenters. The minimum atomic E-state index is -1.07. The first-order chi connectivity index (χ1) is 14.6. The minimum absolute atomic E-state index is 0.209. The van der Waals surface area contributed by atoms with Gasteiger partial charge in [0.15, 0.2) is 11.6 Å². The Morgan fingerprint density at radius 1 is 0.833 bits per heavy atom. The fourth-order valence-electron chi connectivity index (χ4n) is 4.79. The molecule has 1 aliphatic carbocycles. The summed E-state index contributed by atoms with van der Waals surface area (Å²) in [6, 6.07) is 12.4. The second-order valence-corrected chi connectivity index (χ2v) is 8.80. The maximum Gasteiger partial charge on any atom is 0.177 e. The normalized spacial score (nSPS) is 18.9. The maximum absolute atomic E-state index is 14.3. The lowest BCUT2D eigenvalue weighted by molar-refractivity contribution is 0.302. The molecule has 2 aromatic rings. The Hall–Kier alpha value is -2.21. The minimum Gasteiger partial charge on any atom is -0.203 e. The SMILES string of the molecule is CCCCCCCC[C@H]1CC[C@H](c2ccc(-c3ccc(C#N)c(F)c3F)cc2)CC1. The van der Waals surface area contributed by atoms with Crippen molar-refractivity contribution < 1.29 is 8.78 Å². The molecule has 0 radical (unpaired) electrons. The smallest absolute Gasteiger partial charge is 0.177 e. The van der Waals surface area contributed by atoms with Crippen LogP contribution in [-0.2, 0) is 0 Å². The molecule has 0 bridgehead atoms. The van der Waals surface area contributed by atoms with Crippen LogP contribution in [0.5, 0.6) is 0 Å². The van der Waals surface area contributed by atoms with Crippen LogP contribution in [0.3, 0.4) is 0 Å². The van der Waals surface area contributed by atoms with E-state index in [0.717, 1.165) is 5.92 Å². The predicted molar refractivity (Wildman–Crippen MR) is 119 cm³/mol. The fourth-order valence-corrected chi connectivity index (χ4v) is 4.79. The van der Waals surface area contributed by atoms with E-state index in [4.69, 9.17) is 5.26 Å². The first-order valence-electron chi connectivity index (χ1n) is 11.6. The van der Waals surface area contributed by atoms with Gasteiger partial charge in [-0.25, -0.2) is 8.78 Å². The topological polar surface area (TPSA) is 23.8 Å². The van der Waals surface area contributed by atoms with Gasteiger partial charge in [0.25, 0.3) is 0 Å². The molecule has 0 heterocycles. The average Bonchev–Trinajstić information content (AvgIpc) is 2.78. The monoisotopic (exact) mass is 409 g/mol. The van der Waals surface area contributed by atoms with E-state index in [1.165, 1.54) is 88.3 Å². The molecule has 3 heteroatoms. The summed E-state index contributed by atoms with van der Waals surface area (Å²) in [6.07, 6.45) is 14.6. The Kier molecular flexibility index (Phi) is 8.43. The summed E-state index contributed by atoms with van der Waals surface area (Å²) in [4.78, 5) is 0. The highest BCUT2D eigenvalue weighted by Crippen LogP contribution is 2.38. The molecule has 0 aromatic heterocycles. The fraction of sp³-hybridized carbons (Fsp3) is 0.519. The summed E-state index contributed by atoms with van der Waals surface area (Å²) < 4.78 is 28.2. The van der Waals surface area contributed by atoms with Crippen LogP contribution in [0, 0.1) is 28.9 Å². The molecule has 0 N–H and O–H groups in total. The van der Waals surface area contributed by atoms with Crippen LogP contribution < -0.4 is 0 Å². The first kappa shape index (κ1) is 22.5. The molecule has 2 aromatic carbocycles. The zero-order chi connectivity index (χ0) is 21.3. The Labute approximate surface area is 180 Å².